The third-order valence-corrected chi connectivity index (χ3v) is 3.48. The van der Waals surface area contributed by atoms with Gasteiger partial charge in [-0.15, -0.1) is 0 Å². The van der Waals surface area contributed by atoms with E-state index in [1.165, 1.54) is 0 Å². The molecule has 2 aromatic heterocycles. The molecular weight excluding hydrogens is 208 g/mol. The van der Waals surface area contributed by atoms with Gasteiger partial charge < -0.3 is 5.73 Å². The summed E-state index contributed by atoms with van der Waals surface area (Å²) in [6.45, 7) is 7.11. The van der Waals surface area contributed by atoms with Gasteiger partial charge in [0.15, 0.2) is 0 Å². The van der Waals surface area contributed by atoms with E-state index < -0.39 is 0 Å². The van der Waals surface area contributed by atoms with Crippen LogP contribution in [-0.4, -0.2) is 21.1 Å². The Hall–Kier alpha value is -0.940. The van der Waals surface area contributed by atoms with Gasteiger partial charge in [-0.05, 0) is 6.54 Å². The molecule has 82 valence electrons. The summed E-state index contributed by atoms with van der Waals surface area (Å²) in [5, 5.41) is 5.63. The summed E-state index contributed by atoms with van der Waals surface area (Å²) >= 11 is 1.65. The molecule has 0 atom stereocenters. The Kier molecular flexibility index (Phi) is 2.52. The first-order valence-corrected chi connectivity index (χ1v) is 5.88. The lowest BCUT2D eigenvalue weighted by Crippen LogP contribution is -2.10. The second-order valence-corrected chi connectivity index (χ2v) is 5.61. The third kappa shape index (κ3) is 2.03. The fourth-order valence-corrected chi connectivity index (χ4v) is 2.27. The van der Waals surface area contributed by atoms with Crippen molar-refractivity contribution in [2.75, 3.05) is 6.54 Å². The average Bonchev–Trinajstić information content (AvgIpc) is 2.59. The summed E-state index contributed by atoms with van der Waals surface area (Å²) in [6.07, 6.45) is 2.79. The van der Waals surface area contributed by atoms with Gasteiger partial charge in [0.2, 0.25) is 4.96 Å². The molecule has 0 unspecified atom stereocenters. The van der Waals surface area contributed by atoms with Gasteiger partial charge in [-0.2, -0.15) is 5.10 Å². The molecule has 2 N–H and O–H groups in total. The maximum absolute atomic E-state index is 5.48. The molecule has 2 rings (SSSR count). The van der Waals surface area contributed by atoms with E-state index in [0.717, 1.165) is 22.1 Å². The number of fused-ring (bicyclic) bond motifs is 1. The molecule has 0 aliphatic heterocycles. The smallest absolute Gasteiger partial charge is 0.212 e. The van der Waals surface area contributed by atoms with Crippen molar-refractivity contribution in [2.45, 2.75) is 32.6 Å². The van der Waals surface area contributed by atoms with Gasteiger partial charge in [0.25, 0.3) is 0 Å². The fourth-order valence-electron chi connectivity index (χ4n) is 1.32. The van der Waals surface area contributed by atoms with Crippen molar-refractivity contribution in [3.63, 3.8) is 0 Å². The molecule has 0 radical (unpaired) electrons. The Balaban J connectivity index is 2.38. The van der Waals surface area contributed by atoms with Gasteiger partial charge in [0.1, 0.15) is 5.01 Å². The van der Waals surface area contributed by atoms with E-state index >= 15 is 0 Å². The van der Waals surface area contributed by atoms with Crippen LogP contribution in [0.3, 0.4) is 0 Å². The minimum atomic E-state index is 0.0966. The van der Waals surface area contributed by atoms with E-state index in [4.69, 9.17) is 5.73 Å². The quantitative estimate of drug-likeness (QED) is 0.842. The molecule has 0 aliphatic rings. The zero-order valence-electron chi connectivity index (χ0n) is 9.32. The average molecular weight is 224 g/mol. The van der Waals surface area contributed by atoms with Gasteiger partial charge in [0, 0.05) is 11.8 Å². The van der Waals surface area contributed by atoms with E-state index in [1.54, 1.807) is 11.3 Å². The molecule has 0 aliphatic carbocycles. The summed E-state index contributed by atoms with van der Waals surface area (Å²) in [4.78, 5) is 5.44. The molecule has 2 heterocycles. The maximum atomic E-state index is 5.48. The Morgan fingerprint density at radius 3 is 2.73 bits per heavy atom. The number of nitrogens with zero attached hydrogens (tertiary/aromatic N) is 3. The number of nitrogens with two attached hydrogens (primary N) is 1. The van der Waals surface area contributed by atoms with Gasteiger partial charge in [-0.3, -0.25) is 0 Å². The molecular formula is C10H16N4S. The number of hydrogen-bond acceptors (Lipinski definition) is 4. The van der Waals surface area contributed by atoms with Crippen molar-refractivity contribution < 1.29 is 0 Å². The normalized spacial score (nSPS) is 12.5. The molecule has 0 saturated heterocycles. The van der Waals surface area contributed by atoms with Crippen LogP contribution in [-0.2, 0) is 11.8 Å². The number of hydrogen-bond donors (Lipinski definition) is 1. The number of rotatable bonds is 2. The zero-order chi connectivity index (χ0) is 11.1. The Morgan fingerprint density at radius 2 is 2.20 bits per heavy atom. The fraction of sp³-hybridized carbons (Fsp3) is 0.600. The largest absolute Gasteiger partial charge is 0.330 e. The van der Waals surface area contributed by atoms with E-state index in [9.17, 15) is 0 Å². The first kappa shape index (κ1) is 10.6. The molecule has 15 heavy (non-hydrogen) atoms. The van der Waals surface area contributed by atoms with Crippen LogP contribution in [0.5, 0.6) is 0 Å². The lowest BCUT2D eigenvalue weighted by atomic mass is 9.98. The highest BCUT2D eigenvalue weighted by atomic mass is 32.1. The van der Waals surface area contributed by atoms with Crippen molar-refractivity contribution >= 4 is 16.3 Å². The van der Waals surface area contributed by atoms with Crippen LogP contribution in [0.4, 0.5) is 0 Å². The van der Waals surface area contributed by atoms with Crippen molar-refractivity contribution in [3.05, 3.63) is 16.9 Å². The molecule has 0 saturated carbocycles. The third-order valence-electron chi connectivity index (χ3n) is 2.14. The minimum Gasteiger partial charge on any atom is -0.330 e. The second-order valence-electron chi connectivity index (χ2n) is 4.66. The summed E-state index contributed by atoms with van der Waals surface area (Å²) in [5.41, 5.74) is 6.61. The molecule has 2 aromatic rings. The van der Waals surface area contributed by atoms with Crippen LogP contribution >= 0.6 is 11.3 Å². The highest BCUT2D eigenvalue weighted by Crippen LogP contribution is 2.26. The Morgan fingerprint density at radius 1 is 1.47 bits per heavy atom. The monoisotopic (exact) mass is 224 g/mol. The topological polar surface area (TPSA) is 56.2 Å². The molecule has 0 fully saturated rings. The molecule has 0 aromatic carbocycles. The van der Waals surface area contributed by atoms with Gasteiger partial charge in [-0.25, -0.2) is 9.50 Å². The molecule has 0 spiro atoms. The second kappa shape index (κ2) is 3.57. The first-order valence-electron chi connectivity index (χ1n) is 5.06. The lowest BCUT2D eigenvalue weighted by Gasteiger charge is -2.12. The van der Waals surface area contributed by atoms with Crippen molar-refractivity contribution in [1.29, 1.82) is 0 Å². The van der Waals surface area contributed by atoms with Crippen LogP contribution < -0.4 is 5.73 Å². The van der Waals surface area contributed by atoms with Crippen LogP contribution in [0, 0.1) is 0 Å². The van der Waals surface area contributed by atoms with Crippen molar-refractivity contribution in [2.24, 2.45) is 5.73 Å². The number of aromatic nitrogens is 3. The van der Waals surface area contributed by atoms with Crippen LogP contribution in [0.1, 0.15) is 31.5 Å². The summed E-state index contributed by atoms with van der Waals surface area (Å²) < 4.78 is 1.86. The van der Waals surface area contributed by atoms with E-state index in [0.29, 0.717) is 6.54 Å². The van der Waals surface area contributed by atoms with Crippen molar-refractivity contribution in [1.82, 2.24) is 14.6 Å². The van der Waals surface area contributed by atoms with Gasteiger partial charge >= 0.3 is 0 Å². The Labute approximate surface area is 93.1 Å². The molecule has 0 bridgehead atoms. The molecule has 5 heteroatoms. The van der Waals surface area contributed by atoms with Crippen LogP contribution in [0.15, 0.2) is 6.20 Å². The predicted molar refractivity (Wildman–Crippen MR) is 62.3 cm³/mol. The highest BCUT2D eigenvalue weighted by molar-refractivity contribution is 7.16. The van der Waals surface area contributed by atoms with Crippen LogP contribution in [0.25, 0.3) is 4.96 Å². The van der Waals surface area contributed by atoms with E-state index in [1.807, 2.05) is 10.7 Å². The van der Waals surface area contributed by atoms with E-state index in [2.05, 4.69) is 30.9 Å². The lowest BCUT2D eigenvalue weighted by molar-refractivity contribution is 0.574. The SMILES string of the molecule is CC(C)(C)c1nn2cc(CCN)nc2s1. The molecule has 4 nitrogen and oxygen atoms in total. The minimum absolute atomic E-state index is 0.0966. The summed E-state index contributed by atoms with van der Waals surface area (Å²) in [5.74, 6) is 0. The predicted octanol–water partition coefficient (Wildman–Crippen LogP) is 1.59. The van der Waals surface area contributed by atoms with Crippen molar-refractivity contribution in [3.8, 4) is 0 Å². The maximum Gasteiger partial charge on any atom is 0.212 e. The number of imidazole rings is 1. The highest BCUT2D eigenvalue weighted by Gasteiger charge is 2.20. The first-order chi connectivity index (χ1) is 7.00. The van der Waals surface area contributed by atoms with Gasteiger partial charge in [0.05, 0.1) is 11.9 Å². The standard InChI is InChI=1S/C10H16N4S/c1-10(2,3)8-13-14-6-7(4-5-11)12-9(14)15-8/h6H,4-5,11H2,1-3H3. The molecule has 0 amide bonds. The Bertz CT molecular complexity index is 432. The van der Waals surface area contributed by atoms with Gasteiger partial charge in [-0.1, -0.05) is 32.1 Å². The summed E-state index contributed by atoms with van der Waals surface area (Å²) in [6, 6.07) is 0. The van der Waals surface area contributed by atoms with E-state index in [-0.39, 0.29) is 5.41 Å². The van der Waals surface area contributed by atoms with Crippen LogP contribution in [0.2, 0.25) is 0 Å². The zero-order valence-corrected chi connectivity index (χ0v) is 10.1. The summed E-state index contributed by atoms with van der Waals surface area (Å²) in [7, 11) is 0.